The molecule has 6 heteroatoms. The van der Waals surface area contributed by atoms with Crippen LogP contribution >= 0.6 is 0 Å². The molecule has 1 heterocycles. The first-order chi connectivity index (χ1) is 7.01. The molecule has 0 aromatic carbocycles. The molecule has 1 saturated heterocycles. The van der Waals surface area contributed by atoms with Gasteiger partial charge >= 0.3 is 5.97 Å². The number of hydrogen-bond acceptors (Lipinski definition) is 3. The molecule has 2 rings (SSSR count). The van der Waals surface area contributed by atoms with Gasteiger partial charge in [-0.15, -0.1) is 0 Å². The lowest BCUT2D eigenvalue weighted by Gasteiger charge is -2.29. The minimum absolute atomic E-state index is 0.161. The average molecular weight is 233 g/mol. The largest absolute Gasteiger partial charge is 0.481 e. The van der Waals surface area contributed by atoms with E-state index in [4.69, 9.17) is 5.11 Å². The summed E-state index contributed by atoms with van der Waals surface area (Å²) < 4.78 is 25.1. The molecule has 15 heavy (non-hydrogen) atoms. The number of hydrogen-bond donors (Lipinski definition) is 1. The fourth-order valence-corrected chi connectivity index (χ4v) is 3.88. The molecular formula is C9H15NO4S. The Kier molecular flexibility index (Phi) is 2.72. The van der Waals surface area contributed by atoms with E-state index in [1.807, 2.05) is 0 Å². The van der Waals surface area contributed by atoms with Crippen LogP contribution in [0.3, 0.4) is 0 Å². The topological polar surface area (TPSA) is 74.7 Å². The van der Waals surface area contributed by atoms with Crippen molar-refractivity contribution in [3.05, 3.63) is 0 Å². The van der Waals surface area contributed by atoms with Gasteiger partial charge in [0.1, 0.15) is 0 Å². The molecule has 0 bridgehead atoms. The minimum atomic E-state index is -3.19. The lowest BCUT2D eigenvalue weighted by molar-refractivity contribution is -0.142. The van der Waals surface area contributed by atoms with Crippen LogP contribution in [-0.2, 0) is 14.8 Å². The molecule has 1 atom stereocenters. The third kappa shape index (κ3) is 2.15. The number of carboxylic acid groups (broad SMARTS) is 1. The first-order valence-corrected chi connectivity index (χ1v) is 6.74. The summed E-state index contributed by atoms with van der Waals surface area (Å²) in [5.74, 6) is -1.40. The van der Waals surface area contributed by atoms with Crippen molar-refractivity contribution in [2.75, 3.05) is 13.1 Å². The monoisotopic (exact) mass is 233 g/mol. The van der Waals surface area contributed by atoms with E-state index in [1.165, 1.54) is 4.31 Å². The highest BCUT2D eigenvalue weighted by Crippen LogP contribution is 2.33. The maximum Gasteiger partial charge on any atom is 0.307 e. The SMILES string of the molecule is O=C(O)C1CCCN(S(=O)(=O)C2CC2)C1. The van der Waals surface area contributed by atoms with Gasteiger partial charge < -0.3 is 5.11 Å². The van der Waals surface area contributed by atoms with Crippen LogP contribution in [0.1, 0.15) is 25.7 Å². The third-order valence-corrected chi connectivity index (χ3v) is 5.40. The quantitative estimate of drug-likeness (QED) is 0.759. The zero-order chi connectivity index (χ0) is 11.1. The predicted molar refractivity (Wildman–Crippen MR) is 53.9 cm³/mol. The van der Waals surface area contributed by atoms with Gasteiger partial charge in [0.25, 0.3) is 0 Å². The molecule has 0 aromatic heterocycles. The summed E-state index contributed by atoms with van der Waals surface area (Å²) in [5.41, 5.74) is 0. The number of nitrogens with zero attached hydrogens (tertiary/aromatic N) is 1. The van der Waals surface area contributed by atoms with Gasteiger partial charge in [-0.3, -0.25) is 4.79 Å². The molecule has 0 aromatic rings. The van der Waals surface area contributed by atoms with Gasteiger partial charge in [0.2, 0.25) is 10.0 Å². The van der Waals surface area contributed by atoms with Crippen molar-refractivity contribution in [1.29, 1.82) is 0 Å². The van der Waals surface area contributed by atoms with E-state index in [0.29, 0.717) is 19.4 Å². The van der Waals surface area contributed by atoms with Crippen molar-refractivity contribution in [2.24, 2.45) is 5.92 Å². The van der Waals surface area contributed by atoms with Crippen LogP contribution in [0.5, 0.6) is 0 Å². The number of carbonyl (C=O) groups is 1. The van der Waals surface area contributed by atoms with Gasteiger partial charge in [-0.1, -0.05) is 0 Å². The summed E-state index contributed by atoms with van der Waals surface area (Å²) in [6.45, 7) is 0.650. The molecule has 1 N–H and O–H groups in total. The first-order valence-electron chi connectivity index (χ1n) is 5.23. The highest BCUT2D eigenvalue weighted by atomic mass is 32.2. The Labute approximate surface area is 89.1 Å². The summed E-state index contributed by atoms with van der Waals surface area (Å²) >= 11 is 0. The summed E-state index contributed by atoms with van der Waals surface area (Å²) in [6, 6.07) is 0. The molecular weight excluding hydrogens is 218 g/mol. The molecule has 0 amide bonds. The van der Waals surface area contributed by atoms with Crippen LogP contribution in [0, 0.1) is 5.92 Å². The van der Waals surface area contributed by atoms with E-state index >= 15 is 0 Å². The second-order valence-corrected chi connectivity index (χ2v) is 6.49. The molecule has 2 fully saturated rings. The Morgan fingerprint density at radius 1 is 1.27 bits per heavy atom. The van der Waals surface area contributed by atoms with Crippen molar-refractivity contribution < 1.29 is 18.3 Å². The van der Waals surface area contributed by atoms with Gasteiger partial charge in [-0.2, -0.15) is 0 Å². The lowest BCUT2D eigenvalue weighted by atomic mass is 10.0. The Hall–Kier alpha value is -0.620. The number of sulfonamides is 1. The molecule has 0 spiro atoms. The summed E-state index contributed by atoms with van der Waals surface area (Å²) in [5, 5.41) is 8.62. The summed E-state index contributed by atoms with van der Waals surface area (Å²) in [6.07, 6.45) is 2.71. The van der Waals surface area contributed by atoms with Crippen molar-refractivity contribution in [3.8, 4) is 0 Å². The van der Waals surface area contributed by atoms with Crippen LogP contribution in [0.4, 0.5) is 0 Å². The van der Waals surface area contributed by atoms with E-state index < -0.39 is 21.9 Å². The smallest absolute Gasteiger partial charge is 0.307 e. The van der Waals surface area contributed by atoms with Crippen molar-refractivity contribution in [1.82, 2.24) is 4.31 Å². The Bertz CT molecular complexity index is 360. The molecule has 1 unspecified atom stereocenters. The van der Waals surface area contributed by atoms with E-state index in [9.17, 15) is 13.2 Å². The van der Waals surface area contributed by atoms with Crippen molar-refractivity contribution in [2.45, 2.75) is 30.9 Å². The fourth-order valence-electron chi connectivity index (χ4n) is 1.95. The molecule has 5 nitrogen and oxygen atoms in total. The fraction of sp³-hybridized carbons (Fsp3) is 0.889. The average Bonchev–Trinajstić information content (AvgIpc) is 3.01. The van der Waals surface area contributed by atoms with Crippen molar-refractivity contribution in [3.63, 3.8) is 0 Å². The van der Waals surface area contributed by atoms with Gasteiger partial charge in [0.05, 0.1) is 11.2 Å². The predicted octanol–water partition coefficient (Wildman–Crippen LogP) is 0.275. The zero-order valence-corrected chi connectivity index (χ0v) is 9.24. The molecule has 1 aliphatic heterocycles. The normalized spacial score (nSPS) is 28.9. The summed E-state index contributed by atoms with van der Waals surface area (Å²) in [4.78, 5) is 10.8. The maximum atomic E-state index is 11.8. The first kappa shape index (κ1) is 10.9. The molecule has 86 valence electrons. The highest BCUT2D eigenvalue weighted by Gasteiger charge is 2.42. The van der Waals surface area contributed by atoms with Gasteiger partial charge in [0, 0.05) is 13.1 Å². The number of piperidine rings is 1. The molecule has 0 radical (unpaired) electrons. The number of carboxylic acids is 1. The lowest BCUT2D eigenvalue weighted by Crippen LogP contribution is -2.43. The molecule has 2 aliphatic rings. The van der Waals surface area contributed by atoms with Crippen LogP contribution < -0.4 is 0 Å². The van der Waals surface area contributed by atoms with E-state index in [1.54, 1.807) is 0 Å². The van der Waals surface area contributed by atoms with Crippen LogP contribution in [0.2, 0.25) is 0 Å². The van der Waals surface area contributed by atoms with E-state index in [-0.39, 0.29) is 11.8 Å². The van der Waals surface area contributed by atoms with Gasteiger partial charge in [-0.05, 0) is 25.7 Å². The second-order valence-electron chi connectivity index (χ2n) is 4.28. The standard InChI is InChI=1S/C9H15NO4S/c11-9(12)7-2-1-5-10(6-7)15(13,14)8-3-4-8/h7-8H,1-6H2,(H,11,12). The van der Waals surface area contributed by atoms with Gasteiger partial charge in [0.15, 0.2) is 0 Å². The van der Waals surface area contributed by atoms with E-state index in [2.05, 4.69) is 0 Å². The third-order valence-electron chi connectivity index (χ3n) is 3.04. The maximum absolute atomic E-state index is 11.8. The zero-order valence-electron chi connectivity index (χ0n) is 8.42. The van der Waals surface area contributed by atoms with Crippen LogP contribution in [0.25, 0.3) is 0 Å². The number of aliphatic carboxylic acids is 1. The Balaban J connectivity index is 2.07. The van der Waals surface area contributed by atoms with Gasteiger partial charge in [-0.25, -0.2) is 12.7 Å². The molecule has 1 saturated carbocycles. The van der Waals surface area contributed by atoms with Crippen molar-refractivity contribution >= 4 is 16.0 Å². The Morgan fingerprint density at radius 3 is 2.47 bits per heavy atom. The highest BCUT2D eigenvalue weighted by molar-refractivity contribution is 7.90. The summed E-state index contributed by atoms with van der Waals surface area (Å²) in [7, 11) is -3.19. The Morgan fingerprint density at radius 2 is 1.93 bits per heavy atom. The minimum Gasteiger partial charge on any atom is -0.481 e. The van der Waals surface area contributed by atoms with Crippen LogP contribution in [-0.4, -0.2) is 42.1 Å². The van der Waals surface area contributed by atoms with Crippen LogP contribution in [0.15, 0.2) is 0 Å². The number of rotatable bonds is 3. The van der Waals surface area contributed by atoms with E-state index in [0.717, 1.165) is 12.8 Å². The molecule has 1 aliphatic carbocycles. The second kappa shape index (κ2) is 3.75.